The number of rotatable bonds is 2. The molecule has 138 valence electrons. The van der Waals surface area contributed by atoms with Gasteiger partial charge in [-0.05, 0) is 30.1 Å². The van der Waals surface area contributed by atoms with Crippen LogP contribution in [0.4, 0.5) is 0 Å². The average Bonchev–Trinajstić information content (AvgIpc) is 3.16. The van der Waals surface area contributed by atoms with E-state index in [0.29, 0.717) is 23.7 Å². The van der Waals surface area contributed by atoms with Gasteiger partial charge in [0.15, 0.2) is 0 Å². The average molecular weight is 348 g/mol. The van der Waals surface area contributed by atoms with Crippen molar-refractivity contribution in [2.75, 3.05) is 52.6 Å². The quantitative estimate of drug-likeness (QED) is 0.696. The van der Waals surface area contributed by atoms with E-state index in [9.17, 15) is 10.2 Å². The van der Waals surface area contributed by atoms with Gasteiger partial charge in [-0.25, -0.2) is 0 Å². The Morgan fingerprint density at radius 3 is 1.44 bits per heavy atom. The maximum absolute atomic E-state index is 12.0. The van der Waals surface area contributed by atoms with E-state index in [4.69, 9.17) is 9.47 Å². The molecule has 5 saturated carbocycles. The van der Waals surface area contributed by atoms with Gasteiger partial charge in [-0.3, -0.25) is 9.80 Å². The van der Waals surface area contributed by atoms with Crippen LogP contribution >= 0.6 is 0 Å². The number of aliphatic hydroxyl groups is 2. The molecule has 0 aromatic rings. The van der Waals surface area contributed by atoms with E-state index in [1.165, 1.54) is 6.42 Å². The van der Waals surface area contributed by atoms with E-state index >= 15 is 0 Å². The summed E-state index contributed by atoms with van der Waals surface area (Å²) in [6, 6.07) is 0. The molecule has 2 heterocycles. The Bertz CT molecular complexity index is 565. The van der Waals surface area contributed by atoms with Crippen molar-refractivity contribution in [3.8, 4) is 0 Å². The van der Waals surface area contributed by atoms with Crippen molar-refractivity contribution in [3.63, 3.8) is 0 Å². The van der Waals surface area contributed by atoms with Crippen LogP contribution in [-0.2, 0) is 9.47 Å². The highest BCUT2D eigenvalue weighted by Gasteiger charge is 2.92. The molecular weight excluding hydrogens is 320 g/mol. The van der Waals surface area contributed by atoms with E-state index in [0.717, 1.165) is 52.6 Å². The predicted molar refractivity (Wildman–Crippen MR) is 87.2 cm³/mol. The number of hydrogen-bond acceptors (Lipinski definition) is 6. The molecule has 2 aliphatic heterocycles. The minimum absolute atomic E-state index is 0.258. The summed E-state index contributed by atoms with van der Waals surface area (Å²) in [7, 11) is 0. The molecular formula is C19H28N2O4. The standard InChI is InChI=1S/C19H28N2O4/c22-18(20-1-5-24-6-2-20)14-10-9-11-13-12(10)16(18)17(13)19(23,15(11)14)21-3-7-25-8-4-21/h10-17,22-23H,1-9H2. The lowest BCUT2D eigenvalue weighted by atomic mass is 9.55. The molecule has 2 saturated heterocycles. The Labute approximate surface area is 148 Å². The number of ether oxygens (including phenoxy) is 2. The Morgan fingerprint density at radius 1 is 0.640 bits per heavy atom. The van der Waals surface area contributed by atoms with Crippen molar-refractivity contribution in [1.82, 2.24) is 9.80 Å². The Balaban J connectivity index is 1.33. The van der Waals surface area contributed by atoms with Crippen LogP contribution in [0.2, 0.25) is 0 Å². The maximum Gasteiger partial charge on any atom is 0.125 e. The number of morpholine rings is 2. The molecule has 6 nitrogen and oxygen atoms in total. The van der Waals surface area contributed by atoms with Gasteiger partial charge in [0.1, 0.15) is 11.4 Å². The Kier molecular flexibility index (Phi) is 2.61. The van der Waals surface area contributed by atoms with Crippen LogP contribution in [0, 0.1) is 47.3 Å². The van der Waals surface area contributed by atoms with Gasteiger partial charge in [0.2, 0.25) is 0 Å². The molecule has 0 radical (unpaired) electrons. The summed E-state index contributed by atoms with van der Waals surface area (Å²) in [6.45, 7) is 6.28. The monoisotopic (exact) mass is 348 g/mol. The van der Waals surface area contributed by atoms with Crippen molar-refractivity contribution >= 4 is 0 Å². The first-order valence-corrected chi connectivity index (χ1v) is 10.3. The van der Waals surface area contributed by atoms with Gasteiger partial charge in [-0.2, -0.15) is 0 Å². The van der Waals surface area contributed by atoms with Crippen molar-refractivity contribution in [3.05, 3.63) is 0 Å². The van der Waals surface area contributed by atoms with Crippen LogP contribution < -0.4 is 0 Å². The minimum Gasteiger partial charge on any atom is -0.379 e. The van der Waals surface area contributed by atoms with Gasteiger partial charge in [0.25, 0.3) is 0 Å². The van der Waals surface area contributed by atoms with Crippen LogP contribution in [0.1, 0.15) is 6.42 Å². The van der Waals surface area contributed by atoms with Crippen molar-refractivity contribution in [2.45, 2.75) is 17.9 Å². The number of hydrogen-bond donors (Lipinski definition) is 2. The second-order valence-corrected chi connectivity index (χ2v) is 9.59. The molecule has 10 unspecified atom stereocenters. The molecule has 0 aromatic carbocycles. The van der Waals surface area contributed by atoms with E-state index < -0.39 is 11.4 Å². The van der Waals surface area contributed by atoms with Gasteiger partial charge in [-0.1, -0.05) is 0 Å². The van der Waals surface area contributed by atoms with Crippen LogP contribution in [-0.4, -0.2) is 84.1 Å². The van der Waals surface area contributed by atoms with Crippen molar-refractivity contribution in [2.24, 2.45) is 47.3 Å². The Hall–Kier alpha value is -0.240. The van der Waals surface area contributed by atoms with Gasteiger partial charge in [0.05, 0.1) is 26.4 Å². The van der Waals surface area contributed by atoms with Gasteiger partial charge in [0, 0.05) is 49.9 Å². The van der Waals surface area contributed by atoms with E-state index in [1.807, 2.05) is 0 Å². The fraction of sp³-hybridized carbons (Fsp3) is 1.00. The smallest absolute Gasteiger partial charge is 0.125 e. The molecule has 2 bridgehead atoms. The van der Waals surface area contributed by atoms with Gasteiger partial charge >= 0.3 is 0 Å². The second kappa shape index (κ2) is 4.42. The largest absolute Gasteiger partial charge is 0.379 e. The second-order valence-electron chi connectivity index (χ2n) is 9.59. The highest BCUT2D eigenvalue weighted by molar-refractivity contribution is 5.37. The van der Waals surface area contributed by atoms with Gasteiger partial charge in [-0.15, -0.1) is 0 Å². The van der Waals surface area contributed by atoms with Crippen molar-refractivity contribution in [1.29, 1.82) is 0 Å². The summed E-state index contributed by atoms with van der Waals surface area (Å²) in [4.78, 5) is 4.67. The summed E-state index contributed by atoms with van der Waals surface area (Å²) in [6.07, 6.45) is 1.25. The molecule has 0 spiro atoms. The molecule has 7 rings (SSSR count). The van der Waals surface area contributed by atoms with Crippen LogP contribution in [0.3, 0.4) is 0 Å². The fourth-order valence-corrected chi connectivity index (χ4v) is 9.23. The zero-order chi connectivity index (χ0) is 16.6. The first-order valence-electron chi connectivity index (χ1n) is 10.3. The Morgan fingerprint density at radius 2 is 1.04 bits per heavy atom. The molecule has 10 atom stereocenters. The zero-order valence-electron chi connectivity index (χ0n) is 14.6. The predicted octanol–water partition coefficient (Wildman–Crippen LogP) is -0.584. The van der Waals surface area contributed by atoms with Crippen LogP contribution in [0.15, 0.2) is 0 Å². The zero-order valence-corrected chi connectivity index (χ0v) is 14.6. The molecule has 25 heavy (non-hydrogen) atoms. The van der Waals surface area contributed by atoms with Crippen LogP contribution in [0.5, 0.6) is 0 Å². The molecule has 5 aliphatic carbocycles. The number of fused-ring (bicyclic) bond motifs is 2. The molecule has 7 fully saturated rings. The molecule has 0 aromatic heterocycles. The van der Waals surface area contributed by atoms with Crippen molar-refractivity contribution < 1.29 is 19.7 Å². The molecule has 2 N–H and O–H groups in total. The van der Waals surface area contributed by atoms with E-state index in [1.54, 1.807) is 0 Å². The maximum atomic E-state index is 12.0. The first kappa shape index (κ1) is 14.8. The summed E-state index contributed by atoms with van der Waals surface area (Å²) in [5, 5.41) is 24.1. The summed E-state index contributed by atoms with van der Waals surface area (Å²) in [5.74, 6) is 3.66. The van der Waals surface area contributed by atoms with E-state index in [-0.39, 0.29) is 23.7 Å². The third-order valence-corrected chi connectivity index (χ3v) is 9.50. The van der Waals surface area contributed by atoms with Crippen LogP contribution in [0.25, 0.3) is 0 Å². The summed E-state index contributed by atoms with van der Waals surface area (Å²) < 4.78 is 11.1. The SMILES string of the molecule is OC1(N2CCOCC2)C2C3CC4C5C3C1C5C(O)(N1CCOCC1)C42. The molecule has 7 aliphatic rings. The normalized spacial score (nSPS) is 65.0. The minimum atomic E-state index is -0.686. The summed E-state index contributed by atoms with van der Waals surface area (Å²) >= 11 is 0. The lowest BCUT2D eigenvalue weighted by Crippen LogP contribution is -2.74. The lowest BCUT2D eigenvalue weighted by Gasteiger charge is -2.63. The fourth-order valence-electron chi connectivity index (χ4n) is 9.23. The number of nitrogens with zero attached hydrogens (tertiary/aromatic N) is 2. The lowest BCUT2D eigenvalue weighted by molar-refractivity contribution is -0.315. The first-order chi connectivity index (χ1) is 12.2. The third-order valence-electron chi connectivity index (χ3n) is 9.50. The highest BCUT2D eigenvalue weighted by Crippen LogP contribution is 2.88. The molecule has 0 amide bonds. The topological polar surface area (TPSA) is 65.4 Å². The van der Waals surface area contributed by atoms with E-state index in [2.05, 4.69) is 9.80 Å². The highest BCUT2D eigenvalue weighted by atomic mass is 16.5. The van der Waals surface area contributed by atoms with Gasteiger partial charge < -0.3 is 19.7 Å². The molecule has 6 heteroatoms. The summed E-state index contributed by atoms with van der Waals surface area (Å²) in [5.41, 5.74) is -1.37. The third kappa shape index (κ3) is 1.34.